The fraction of sp³-hybridized carbons (Fsp3) is 0.538. The lowest BCUT2D eigenvalue weighted by molar-refractivity contribution is 0.744. The maximum atomic E-state index is 3.45. The zero-order valence-electron chi connectivity index (χ0n) is 9.88. The van der Waals surface area contributed by atoms with Gasteiger partial charge in [-0.25, -0.2) is 0 Å². The van der Waals surface area contributed by atoms with Crippen molar-refractivity contribution >= 4 is 11.4 Å². The SMILES string of the molecule is CC(C)Nc1ccc2c(c1)CCCN2C. The minimum atomic E-state index is 0.504. The third kappa shape index (κ3) is 2.25. The van der Waals surface area contributed by atoms with E-state index in [1.165, 1.54) is 36.3 Å². The van der Waals surface area contributed by atoms with Crippen LogP contribution in [0.1, 0.15) is 25.8 Å². The zero-order chi connectivity index (χ0) is 10.8. The molecule has 0 spiro atoms. The largest absolute Gasteiger partial charge is 0.383 e. The Morgan fingerprint density at radius 1 is 1.33 bits per heavy atom. The van der Waals surface area contributed by atoms with Gasteiger partial charge in [-0.15, -0.1) is 0 Å². The normalized spacial score (nSPS) is 15.3. The number of benzene rings is 1. The summed E-state index contributed by atoms with van der Waals surface area (Å²) in [6.45, 7) is 5.53. The molecule has 0 aromatic heterocycles. The summed E-state index contributed by atoms with van der Waals surface area (Å²) in [6, 6.07) is 7.22. The molecule has 0 fully saturated rings. The van der Waals surface area contributed by atoms with Crippen LogP contribution >= 0.6 is 0 Å². The summed E-state index contributed by atoms with van der Waals surface area (Å²) in [5.41, 5.74) is 4.13. The molecule has 1 aromatic rings. The maximum Gasteiger partial charge on any atom is 0.0397 e. The molecule has 1 aliphatic rings. The van der Waals surface area contributed by atoms with Crippen molar-refractivity contribution in [3.05, 3.63) is 23.8 Å². The number of rotatable bonds is 2. The Morgan fingerprint density at radius 2 is 2.13 bits per heavy atom. The number of hydrogen-bond acceptors (Lipinski definition) is 2. The zero-order valence-corrected chi connectivity index (χ0v) is 9.88. The Kier molecular flexibility index (Phi) is 2.85. The van der Waals surface area contributed by atoms with Crippen molar-refractivity contribution in [1.82, 2.24) is 0 Å². The van der Waals surface area contributed by atoms with Crippen LogP contribution in [0.4, 0.5) is 11.4 Å². The van der Waals surface area contributed by atoms with Crippen LogP contribution in [0, 0.1) is 0 Å². The number of anilines is 2. The van der Waals surface area contributed by atoms with E-state index in [1.807, 2.05) is 0 Å². The van der Waals surface area contributed by atoms with Crippen LogP contribution in [-0.2, 0) is 6.42 Å². The fourth-order valence-electron chi connectivity index (χ4n) is 2.21. The highest BCUT2D eigenvalue weighted by Gasteiger charge is 2.13. The highest BCUT2D eigenvalue weighted by atomic mass is 15.1. The molecule has 2 rings (SSSR count). The lowest BCUT2D eigenvalue weighted by Crippen LogP contribution is -2.24. The van der Waals surface area contributed by atoms with Crippen molar-refractivity contribution < 1.29 is 0 Å². The van der Waals surface area contributed by atoms with E-state index in [9.17, 15) is 0 Å². The molecule has 0 bridgehead atoms. The quantitative estimate of drug-likeness (QED) is 0.797. The molecule has 0 radical (unpaired) electrons. The molecule has 0 saturated heterocycles. The second-order valence-electron chi connectivity index (χ2n) is 4.67. The highest BCUT2D eigenvalue weighted by Crippen LogP contribution is 2.28. The Bertz CT molecular complexity index is 344. The van der Waals surface area contributed by atoms with E-state index in [1.54, 1.807) is 0 Å². The van der Waals surface area contributed by atoms with E-state index in [-0.39, 0.29) is 0 Å². The van der Waals surface area contributed by atoms with E-state index in [4.69, 9.17) is 0 Å². The van der Waals surface area contributed by atoms with Crippen molar-refractivity contribution in [3.8, 4) is 0 Å². The molecule has 0 atom stereocenters. The molecule has 2 heteroatoms. The van der Waals surface area contributed by atoms with Gasteiger partial charge in [-0.05, 0) is 50.5 Å². The van der Waals surface area contributed by atoms with Gasteiger partial charge in [0.15, 0.2) is 0 Å². The fourth-order valence-corrected chi connectivity index (χ4v) is 2.21. The molecule has 0 amide bonds. The number of hydrogen-bond donors (Lipinski definition) is 1. The first-order valence-electron chi connectivity index (χ1n) is 5.77. The Hall–Kier alpha value is -1.18. The van der Waals surface area contributed by atoms with Crippen molar-refractivity contribution in [2.45, 2.75) is 32.7 Å². The first kappa shape index (κ1) is 10.3. The van der Waals surface area contributed by atoms with Crippen LogP contribution in [-0.4, -0.2) is 19.6 Å². The molecule has 1 aromatic carbocycles. The van der Waals surface area contributed by atoms with Gasteiger partial charge >= 0.3 is 0 Å². The van der Waals surface area contributed by atoms with Crippen molar-refractivity contribution in [1.29, 1.82) is 0 Å². The van der Waals surface area contributed by atoms with Crippen LogP contribution in [0.25, 0.3) is 0 Å². The van der Waals surface area contributed by atoms with Gasteiger partial charge in [0.1, 0.15) is 0 Å². The van der Waals surface area contributed by atoms with Crippen molar-refractivity contribution in [2.75, 3.05) is 23.8 Å². The summed E-state index contributed by atoms with van der Waals surface area (Å²) < 4.78 is 0. The summed E-state index contributed by atoms with van der Waals surface area (Å²) in [6.07, 6.45) is 2.49. The van der Waals surface area contributed by atoms with E-state index in [0.29, 0.717) is 6.04 Å². The van der Waals surface area contributed by atoms with Crippen LogP contribution in [0.15, 0.2) is 18.2 Å². The number of nitrogens with zero attached hydrogens (tertiary/aromatic N) is 1. The molecule has 0 aliphatic carbocycles. The van der Waals surface area contributed by atoms with Crippen LogP contribution in [0.5, 0.6) is 0 Å². The van der Waals surface area contributed by atoms with Crippen LogP contribution in [0.3, 0.4) is 0 Å². The van der Waals surface area contributed by atoms with Gasteiger partial charge in [0.2, 0.25) is 0 Å². The predicted molar refractivity (Wildman–Crippen MR) is 66.8 cm³/mol. The average molecular weight is 204 g/mol. The summed E-state index contributed by atoms with van der Waals surface area (Å²) in [7, 11) is 2.17. The topological polar surface area (TPSA) is 15.3 Å². The number of fused-ring (bicyclic) bond motifs is 1. The summed E-state index contributed by atoms with van der Waals surface area (Å²) >= 11 is 0. The Balaban J connectivity index is 2.25. The first-order valence-corrected chi connectivity index (χ1v) is 5.77. The molecule has 1 heterocycles. The third-order valence-electron chi connectivity index (χ3n) is 2.89. The summed E-state index contributed by atoms with van der Waals surface area (Å²) in [5.74, 6) is 0. The van der Waals surface area contributed by atoms with Gasteiger partial charge in [-0.2, -0.15) is 0 Å². The molecule has 82 valence electrons. The van der Waals surface area contributed by atoms with Gasteiger partial charge in [0.05, 0.1) is 0 Å². The number of aryl methyl sites for hydroxylation is 1. The molecule has 15 heavy (non-hydrogen) atoms. The molecule has 0 saturated carbocycles. The lowest BCUT2D eigenvalue weighted by atomic mass is 10.0. The van der Waals surface area contributed by atoms with Crippen molar-refractivity contribution in [2.24, 2.45) is 0 Å². The second kappa shape index (κ2) is 4.13. The van der Waals surface area contributed by atoms with Gasteiger partial charge < -0.3 is 10.2 Å². The van der Waals surface area contributed by atoms with Crippen LogP contribution < -0.4 is 10.2 Å². The van der Waals surface area contributed by atoms with Crippen LogP contribution in [0.2, 0.25) is 0 Å². The Morgan fingerprint density at radius 3 is 2.87 bits per heavy atom. The van der Waals surface area contributed by atoms with E-state index in [2.05, 4.69) is 49.3 Å². The van der Waals surface area contributed by atoms with Gasteiger partial charge in [0, 0.05) is 31.0 Å². The molecule has 0 unspecified atom stereocenters. The molecular weight excluding hydrogens is 184 g/mol. The maximum absolute atomic E-state index is 3.45. The summed E-state index contributed by atoms with van der Waals surface area (Å²) in [5, 5.41) is 3.45. The monoisotopic (exact) mass is 204 g/mol. The van der Waals surface area contributed by atoms with Crippen molar-refractivity contribution in [3.63, 3.8) is 0 Å². The Labute approximate surface area is 92.3 Å². The predicted octanol–water partition coefficient (Wildman–Crippen LogP) is 2.89. The number of nitrogens with one attached hydrogen (secondary N) is 1. The smallest absolute Gasteiger partial charge is 0.0397 e. The van der Waals surface area contributed by atoms with E-state index < -0.39 is 0 Å². The van der Waals surface area contributed by atoms with Gasteiger partial charge in [0.25, 0.3) is 0 Å². The summed E-state index contributed by atoms with van der Waals surface area (Å²) in [4.78, 5) is 2.35. The molecule has 1 N–H and O–H groups in total. The van der Waals surface area contributed by atoms with E-state index in [0.717, 1.165) is 0 Å². The second-order valence-corrected chi connectivity index (χ2v) is 4.67. The standard InChI is InChI=1S/C13H20N2/c1-10(2)14-12-6-7-13-11(9-12)5-4-8-15(13)3/h6-7,9-10,14H,4-5,8H2,1-3H3. The third-order valence-corrected chi connectivity index (χ3v) is 2.89. The minimum Gasteiger partial charge on any atom is -0.383 e. The molecular formula is C13H20N2. The van der Waals surface area contributed by atoms with Gasteiger partial charge in [-0.3, -0.25) is 0 Å². The molecule has 2 nitrogen and oxygen atoms in total. The van der Waals surface area contributed by atoms with Gasteiger partial charge in [-0.1, -0.05) is 0 Å². The lowest BCUT2D eigenvalue weighted by Gasteiger charge is -2.28. The van der Waals surface area contributed by atoms with E-state index >= 15 is 0 Å². The minimum absolute atomic E-state index is 0.504. The highest BCUT2D eigenvalue weighted by molar-refractivity contribution is 5.62. The first-order chi connectivity index (χ1) is 7.16. The average Bonchev–Trinajstić information content (AvgIpc) is 2.17. The molecule has 1 aliphatic heterocycles.